The number of rotatable bonds is 4. The highest BCUT2D eigenvalue weighted by molar-refractivity contribution is 5.96. The Hall–Kier alpha value is -3.22. The van der Waals surface area contributed by atoms with Gasteiger partial charge >= 0.3 is 0 Å². The summed E-state index contributed by atoms with van der Waals surface area (Å²) in [5.41, 5.74) is 3.56. The molecule has 0 radical (unpaired) electrons. The average Bonchev–Trinajstić information content (AvgIpc) is 3.30. The first-order chi connectivity index (χ1) is 13.5. The fraction of sp³-hybridized carbons (Fsp3) is 0.286. The zero-order valence-corrected chi connectivity index (χ0v) is 15.9. The predicted octanol–water partition coefficient (Wildman–Crippen LogP) is 4.02. The van der Waals surface area contributed by atoms with E-state index in [0.717, 1.165) is 16.7 Å². The maximum Gasteiger partial charge on any atom is 0.232 e. The summed E-state index contributed by atoms with van der Waals surface area (Å²) in [7, 11) is 1.40. The second-order valence-corrected chi connectivity index (χ2v) is 7.00. The number of ether oxygens (including phenoxy) is 1. The molecular weight excluding hydrogens is 361 g/mol. The van der Waals surface area contributed by atoms with Gasteiger partial charge in [0.15, 0.2) is 11.6 Å². The summed E-state index contributed by atoms with van der Waals surface area (Å²) < 4.78 is 24.4. The molecule has 6 nitrogen and oxygen atoms in total. The summed E-state index contributed by atoms with van der Waals surface area (Å²) in [5.74, 6) is 0.219. The number of hydrogen-bond donors (Lipinski definition) is 0. The lowest BCUT2D eigenvalue weighted by Gasteiger charge is -2.16. The van der Waals surface area contributed by atoms with Gasteiger partial charge in [-0.2, -0.15) is 4.98 Å². The Morgan fingerprint density at radius 2 is 2.04 bits per heavy atom. The Labute approximate surface area is 161 Å². The molecule has 3 aromatic rings. The summed E-state index contributed by atoms with van der Waals surface area (Å²) in [6.07, 6.45) is 0.238. The molecule has 2 aromatic carbocycles. The van der Waals surface area contributed by atoms with Crippen LogP contribution in [0.2, 0.25) is 0 Å². The molecule has 0 N–H and O–H groups in total. The van der Waals surface area contributed by atoms with Gasteiger partial charge in [0, 0.05) is 30.3 Å². The van der Waals surface area contributed by atoms with Gasteiger partial charge < -0.3 is 14.2 Å². The van der Waals surface area contributed by atoms with Crippen molar-refractivity contribution in [3.05, 3.63) is 59.2 Å². The largest absolute Gasteiger partial charge is 0.494 e. The first kappa shape index (κ1) is 18.2. The third-order valence-corrected chi connectivity index (χ3v) is 5.00. The highest BCUT2D eigenvalue weighted by Gasteiger charge is 2.35. The highest BCUT2D eigenvalue weighted by atomic mass is 19.1. The minimum absolute atomic E-state index is 0.110. The van der Waals surface area contributed by atoms with Gasteiger partial charge in [0.2, 0.25) is 17.6 Å². The predicted molar refractivity (Wildman–Crippen MR) is 102 cm³/mol. The molecule has 0 bridgehead atoms. The zero-order chi connectivity index (χ0) is 19.8. The van der Waals surface area contributed by atoms with E-state index >= 15 is 0 Å². The molecular formula is C21H20FN3O3. The highest BCUT2D eigenvalue weighted by Crippen LogP contribution is 2.34. The van der Waals surface area contributed by atoms with Crippen LogP contribution >= 0.6 is 0 Å². The van der Waals surface area contributed by atoms with Crippen molar-refractivity contribution in [3.63, 3.8) is 0 Å². The number of benzene rings is 2. The van der Waals surface area contributed by atoms with Gasteiger partial charge in [-0.25, -0.2) is 4.39 Å². The van der Waals surface area contributed by atoms with E-state index in [1.54, 1.807) is 6.07 Å². The van der Waals surface area contributed by atoms with Gasteiger partial charge in [-0.3, -0.25) is 4.79 Å². The van der Waals surface area contributed by atoms with Crippen LogP contribution in [-0.2, 0) is 4.79 Å². The minimum atomic E-state index is -0.508. The van der Waals surface area contributed by atoms with Crippen LogP contribution < -0.4 is 9.64 Å². The van der Waals surface area contributed by atoms with E-state index in [2.05, 4.69) is 10.1 Å². The van der Waals surface area contributed by atoms with E-state index in [1.165, 1.54) is 24.1 Å². The second-order valence-electron chi connectivity index (χ2n) is 7.00. The number of carbonyl (C=O) groups excluding carboxylic acids is 1. The Morgan fingerprint density at radius 1 is 1.21 bits per heavy atom. The van der Waals surface area contributed by atoms with E-state index in [1.807, 2.05) is 32.0 Å². The van der Waals surface area contributed by atoms with E-state index in [0.29, 0.717) is 23.9 Å². The van der Waals surface area contributed by atoms with Gasteiger partial charge in [0.1, 0.15) is 0 Å². The maximum absolute atomic E-state index is 14.0. The maximum atomic E-state index is 14.0. The van der Waals surface area contributed by atoms with Crippen LogP contribution in [0.1, 0.15) is 29.4 Å². The third kappa shape index (κ3) is 3.24. The molecule has 1 atom stereocenters. The van der Waals surface area contributed by atoms with Crippen molar-refractivity contribution < 1.29 is 18.4 Å². The van der Waals surface area contributed by atoms with Gasteiger partial charge in [0.05, 0.1) is 13.0 Å². The number of nitrogens with zero attached hydrogens (tertiary/aromatic N) is 3. The van der Waals surface area contributed by atoms with E-state index in [-0.39, 0.29) is 24.0 Å². The smallest absolute Gasteiger partial charge is 0.232 e. The molecule has 7 heteroatoms. The molecule has 0 saturated carbocycles. The molecule has 2 heterocycles. The number of aromatic nitrogens is 2. The van der Waals surface area contributed by atoms with Crippen LogP contribution in [-0.4, -0.2) is 29.7 Å². The molecule has 4 rings (SSSR count). The quantitative estimate of drug-likeness (QED) is 0.683. The fourth-order valence-corrected chi connectivity index (χ4v) is 3.43. The van der Waals surface area contributed by atoms with Crippen molar-refractivity contribution >= 4 is 11.6 Å². The Bertz CT molecular complexity index is 1050. The first-order valence-electron chi connectivity index (χ1n) is 9.01. The SMILES string of the molecule is COc1ccc(N2CC(c3nc(-c4cc(C)ccc4C)no3)CC2=O)cc1F. The average molecular weight is 381 g/mol. The standard InChI is InChI=1S/C21H20FN3O3/c1-12-4-5-13(2)16(8-12)20-23-21(28-24-20)14-9-19(26)25(11-14)15-6-7-18(27-3)17(22)10-15/h4-8,10,14H,9,11H2,1-3H3. The Kier molecular flexibility index (Phi) is 4.58. The summed E-state index contributed by atoms with van der Waals surface area (Å²) in [5, 5.41) is 4.10. The molecule has 1 fully saturated rings. The first-order valence-corrected chi connectivity index (χ1v) is 9.01. The Balaban J connectivity index is 1.57. The number of halogens is 1. The summed E-state index contributed by atoms with van der Waals surface area (Å²) in [6, 6.07) is 10.5. The number of carbonyl (C=O) groups is 1. The van der Waals surface area contributed by atoms with Crippen molar-refractivity contribution in [2.75, 3.05) is 18.6 Å². The van der Waals surface area contributed by atoms with Crippen LogP contribution in [0.5, 0.6) is 5.75 Å². The third-order valence-electron chi connectivity index (χ3n) is 5.00. The van der Waals surface area contributed by atoms with E-state index in [4.69, 9.17) is 9.26 Å². The van der Waals surface area contributed by atoms with E-state index in [9.17, 15) is 9.18 Å². The molecule has 1 aliphatic heterocycles. The van der Waals surface area contributed by atoms with Crippen molar-refractivity contribution in [2.24, 2.45) is 0 Å². The van der Waals surface area contributed by atoms with Crippen molar-refractivity contribution in [2.45, 2.75) is 26.2 Å². The lowest BCUT2D eigenvalue weighted by Crippen LogP contribution is -2.24. The molecule has 0 spiro atoms. The topological polar surface area (TPSA) is 68.5 Å². The number of amides is 1. The number of aryl methyl sites for hydroxylation is 2. The normalized spacial score (nSPS) is 16.6. The molecule has 28 heavy (non-hydrogen) atoms. The number of anilines is 1. The molecule has 1 aromatic heterocycles. The van der Waals surface area contributed by atoms with Gasteiger partial charge in [0.25, 0.3) is 0 Å². The number of hydrogen-bond acceptors (Lipinski definition) is 5. The van der Waals surface area contributed by atoms with Crippen molar-refractivity contribution in [1.29, 1.82) is 0 Å². The molecule has 0 aliphatic carbocycles. The minimum Gasteiger partial charge on any atom is -0.494 e. The summed E-state index contributed by atoms with van der Waals surface area (Å²) >= 11 is 0. The van der Waals surface area contributed by atoms with Crippen LogP contribution in [0, 0.1) is 19.7 Å². The summed E-state index contributed by atoms with van der Waals surface area (Å²) in [4.78, 5) is 18.5. The van der Waals surface area contributed by atoms with Crippen LogP contribution in [0.15, 0.2) is 40.9 Å². The van der Waals surface area contributed by atoms with Crippen molar-refractivity contribution in [3.8, 4) is 17.1 Å². The fourth-order valence-electron chi connectivity index (χ4n) is 3.43. The lowest BCUT2D eigenvalue weighted by atomic mass is 10.1. The molecule has 1 unspecified atom stereocenters. The lowest BCUT2D eigenvalue weighted by molar-refractivity contribution is -0.117. The Morgan fingerprint density at radius 3 is 2.79 bits per heavy atom. The van der Waals surface area contributed by atoms with E-state index < -0.39 is 5.82 Å². The van der Waals surface area contributed by atoms with Crippen LogP contribution in [0.4, 0.5) is 10.1 Å². The van der Waals surface area contributed by atoms with Crippen molar-refractivity contribution in [1.82, 2.24) is 10.1 Å². The molecule has 1 saturated heterocycles. The molecule has 1 amide bonds. The number of methoxy groups -OCH3 is 1. The second kappa shape index (κ2) is 7.07. The van der Waals surface area contributed by atoms with Gasteiger partial charge in [-0.15, -0.1) is 0 Å². The monoisotopic (exact) mass is 381 g/mol. The zero-order valence-electron chi connectivity index (χ0n) is 15.9. The van der Waals surface area contributed by atoms with Crippen LogP contribution in [0.3, 0.4) is 0 Å². The molecule has 144 valence electrons. The molecule has 1 aliphatic rings. The van der Waals surface area contributed by atoms with Crippen LogP contribution in [0.25, 0.3) is 11.4 Å². The van der Waals surface area contributed by atoms with Gasteiger partial charge in [-0.1, -0.05) is 22.9 Å². The van der Waals surface area contributed by atoms with Gasteiger partial charge in [-0.05, 0) is 37.6 Å². The summed E-state index contributed by atoms with van der Waals surface area (Å²) in [6.45, 7) is 4.36.